The van der Waals surface area contributed by atoms with Crippen LogP contribution >= 0.6 is 0 Å². The van der Waals surface area contributed by atoms with Gasteiger partial charge in [-0.2, -0.15) is 0 Å². The van der Waals surface area contributed by atoms with Crippen molar-refractivity contribution < 1.29 is 13.2 Å². The molecule has 3 rings (SSSR count). The van der Waals surface area contributed by atoms with Crippen molar-refractivity contribution >= 4 is 21.3 Å². The normalized spacial score (nSPS) is 16.7. The zero-order valence-corrected chi connectivity index (χ0v) is 14.9. The highest BCUT2D eigenvalue weighted by Crippen LogP contribution is 2.37. The Balaban J connectivity index is 2.03. The average Bonchev–Trinajstić information content (AvgIpc) is 2.90. The number of Topliss-reactive ketones (excluding diaryl/α,β-unsaturated/α-hetero) is 1. The summed E-state index contributed by atoms with van der Waals surface area (Å²) < 4.78 is 24.2. The van der Waals surface area contributed by atoms with Crippen LogP contribution in [0.1, 0.15) is 46.4 Å². The number of rotatable bonds is 4. The van der Waals surface area contributed by atoms with Crippen LogP contribution in [-0.2, 0) is 16.3 Å². The van der Waals surface area contributed by atoms with Crippen LogP contribution in [0.25, 0.3) is 0 Å². The molecule has 0 spiro atoms. The van der Waals surface area contributed by atoms with Gasteiger partial charge in [0.05, 0.1) is 16.6 Å². The van der Waals surface area contributed by atoms with Crippen molar-refractivity contribution in [3.63, 3.8) is 0 Å². The third-order valence-corrected chi connectivity index (χ3v) is 5.78. The Bertz CT molecular complexity index is 916. The molecule has 2 aromatic carbocycles. The van der Waals surface area contributed by atoms with Gasteiger partial charge in [-0.3, -0.25) is 4.79 Å². The van der Waals surface area contributed by atoms with Gasteiger partial charge >= 0.3 is 0 Å². The summed E-state index contributed by atoms with van der Waals surface area (Å²) >= 11 is 0. The molecule has 0 aliphatic heterocycles. The quantitative estimate of drug-likeness (QED) is 0.860. The minimum Gasteiger partial charge on any atom is -0.377 e. The molecule has 0 heterocycles. The number of aryl methyl sites for hydroxylation is 1. The second-order valence-electron chi connectivity index (χ2n) is 6.42. The smallest absolute Gasteiger partial charge is 0.177 e. The molecule has 0 radical (unpaired) electrons. The van der Waals surface area contributed by atoms with E-state index in [9.17, 15) is 13.2 Å². The fraction of sp³-hybridized carbons (Fsp3) is 0.316. The maximum Gasteiger partial charge on any atom is 0.177 e. The van der Waals surface area contributed by atoms with Crippen molar-refractivity contribution in [2.75, 3.05) is 11.6 Å². The molecule has 1 N–H and O–H groups in total. The van der Waals surface area contributed by atoms with Crippen LogP contribution in [0.3, 0.4) is 0 Å². The van der Waals surface area contributed by atoms with Gasteiger partial charge in [0, 0.05) is 11.8 Å². The summed E-state index contributed by atoms with van der Waals surface area (Å²) in [5.74, 6) is -0.0826. The second-order valence-corrected chi connectivity index (χ2v) is 8.40. The number of nitrogens with one attached hydrogen (secondary N) is 1. The molecule has 0 unspecified atom stereocenters. The number of ketones is 1. The molecule has 0 amide bonds. The van der Waals surface area contributed by atoms with E-state index in [4.69, 9.17) is 0 Å². The molecule has 126 valence electrons. The van der Waals surface area contributed by atoms with Crippen molar-refractivity contribution in [1.82, 2.24) is 0 Å². The highest BCUT2D eigenvalue weighted by molar-refractivity contribution is 7.90. The molecule has 0 saturated carbocycles. The SMILES string of the molecule is CC(=O)c1ccc(S(C)(=O)=O)c(N[C@@H]2CCc3c(C)cccc32)c1. The van der Waals surface area contributed by atoms with Gasteiger partial charge in [0.15, 0.2) is 15.6 Å². The Hall–Kier alpha value is -2.14. The highest BCUT2D eigenvalue weighted by Gasteiger charge is 2.25. The van der Waals surface area contributed by atoms with Gasteiger partial charge < -0.3 is 5.32 Å². The first-order valence-corrected chi connectivity index (χ1v) is 9.86. The molecule has 0 bridgehead atoms. The molecule has 5 heteroatoms. The Morgan fingerprint density at radius 1 is 1.21 bits per heavy atom. The van der Waals surface area contributed by atoms with E-state index in [1.165, 1.54) is 35.9 Å². The Labute approximate surface area is 142 Å². The number of carbonyl (C=O) groups excluding carboxylic acids is 1. The zero-order valence-electron chi connectivity index (χ0n) is 14.1. The molecule has 0 saturated heterocycles. The number of carbonyl (C=O) groups is 1. The Kier molecular flexibility index (Phi) is 4.22. The number of benzene rings is 2. The summed E-state index contributed by atoms with van der Waals surface area (Å²) in [4.78, 5) is 11.9. The summed E-state index contributed by atoms with van der Waals surface area (Å²) in [5, 5.41) is 3.36. The fourth-order valence-electron chi connectivity index (χ4n) is 3.36. The van der Waals surface area contributed by atoms with Gasteiger partial charge in [0.1, 0.15) is 0 Å². The van der Waals surface area contributed by atoms with E-state index in [1.807, 2.05) is 6.07 Å². The topological polar surface area (TPSA) is 63.2 Å². The predicted octanol–water partition coefficient (Wildman–Crippen LogP) is 3.70. The van der Waals surface area contributed by atoms with Crippen LogP contribution in [-0.4, -0.2) is 20.5 Å². The van der Waals surface area contributed by atoms with E-state index in [-0.39, 0.29) is 16.7 Å². The lowest BCUT2D eigenvalue weighted by molar-refractivity contribution is 0.101. The van der Waals surface area contributed by atoms with E-state index in [0.29, 0.717) is 11.3 Å². The molecule has 1 aliphatic carbocycles. The first-order valence-electron chi connectivity index (χ1n) is 7.97. The lowest BCUT2D eigenvalue weighted by atomic mass is 10.0. The number of fused-ring (bicyclic) bond motifs is 1. The average molecular weight is 343 g/mol. The first kappa shape index (κ1) is 16.7. The number of sulfone groups is 1. The third-order valence-electron chi connectivity index (χ3n) is 4.62. The van der Waals surface area contributed by atoms with Gasteiger partial charge in [-0.1, -0.05) is 18.2 Å². The predicted molar refractivity (Wildman–Crippen MR) is 95.4 cm³/mol. The molecule has 1 aliphatic rings. The molecule has 0 aromatic heterocycles. The van der Waals surface area contributed by atoms with Crippen LogP contribution in [0.4, 0.5) is 5.69 Å². The van der Waals surface area contributed by atoms with Crippen LogP contribution in [0.2, 0.25) is 0 Å². The summed E-state index contributed by atoms with van der Waals surface area (Å²) in [5.41, 5.74) is 4.82. The number of hydrogen-bond acceptors (Lipinski definition) is 4. The lowest BCUT2D eigenvalue weighted by Gasteiger charge is -2.19. The van der Waals surface area contributed by atoms with Gasteiger partial charge in [0.2, 0.25) is 0 Å². The maximum absolute atomic E-state index is 12.1. The highest BCUT2D eigenvalue weighted by atomic mass is 32.2. The van der Waals surface area contributed by atoms with Crippen LogP contribution in [0.5, 0.6) is 0 Å². The Morgan fingerprint density at radius 3 is 2.62 bits per heavy atom. The van der Waals surface area contributed by atoms with E-state index in [2.05, 4.69) is 24.4 Å². The first-order chi connectivity index (χ1) is 11.3. The number of hydrogen-bond donors (Lipinski definition) is 1. The molecule has 4 nitrogen and oxygen atoms in total. The molecule has 0 fully saturated rings. The summed E-state index contributed by atoms with van der Waals surface area (Å²) in [6, 6.07) is 11.0. The largest absolute Gasteiger partial charge is 0.377 e. The fourth-order valence-corrected chi connectivity index (χ4v) is 4.19. The molecular weight excluding hydrogens is 322 g/mol. The summed E-state index contributed by atoms with van der Waals surface area (Å²) in [7, 11) is -3.38. The summed E-state index contributed by atoms with van der Waals surface area (Å²) in [6.07, 6.45) is 3.07. The summed E-state index contributed by atoms with van der Waals surface area (Å²) in [6.45, 7) is 3.58. The monoisotopic (exact) mass is 343 g/mol. The minimum absolute atomic E-state index is 0.0580. The van der Waals surface area contributed by atoms with E-state index >= 15 is 0 Å². The molecule has 24 heavy (non-hydrogen) atoms. The van der Waals surface area contributed by atoms with Crippen LogP contribution in [0, 0.1) is 6.92 Å². The van der Waals surface area contributed by atoms with Crippen LogP contribution in [0.15, 0.2) is 41.3 Å². The third kappa shape index (κ3) is 3.08. The van der Waals surface area contributed by atoms with Gasteiger partial charge in [0.25, 0.3) is 0 Å². The van der Waals surface area contributed by atoms with Crippen molar-refractivity contribution in [2.45, 2.75) is 37.6 Å². The van der Waals surface area contributed by atoms with E-state index < -0.39 is 9.84 Å². The number of anilines is 1. The van der Waals surface area contributed by atoms with E-state index in [1.54, 1.807) is 12.1 Å². The Morgan fingerprint density at radius 2 is 1.96 bits per heavy atom. The zero-order chi connectivity index (χ0) is 17.5. The van der Waals surface area contributed by atoms with Gasteiger partial charge in [-0.05, 0) is 61.6 Å². The van der Waals surface area contributed by atoms with Crippen molar-refractivity contribution in [1.29, 1.82) is 0 Å². The van der Waals surface area contributed by atoms with Crippen molar-refractivity contribution in [2.24, 2.45) is 0 Å². The standard InChI is InChI=1S/C19H21NO3S/c1-12-5-4-6-16-15(12)8-9-17(16)20-18-11-14(13(2)21)7-10-19(18)24(3,22)23/h4-7,10-11,17,20H,8-9H2,1-3H3/t17-/m1/s1. The maximum atomic E-state index is 12.1. The second kappa shape index (κ2) is 6.06. The lowest BCUT2D eigenvalue weighted by Crippen LogP contribution is -2.12. The van der Waals surface area contributed by atoms with Crippen LogP contribution < -0.4 is 5.32 Å². The molecular formula is C19H21NO3S. The minimum atomic E-state index is -3.38. The van der Waals surface area contributed by atoms with Crippen molar-refractivity contribution in [3.8, 4) is 0 Å². The van der Waals surface area contributed by atoms with Gasteiger partial charge in [-0.25, -0.2) is 8.42 Å². The van der Waals surface area contributed by atoms with Crippen molar-refractivity contribution in [3.05, 3.63) is 58.7 Å². The molecule has 1 atom stereocenters. The van der Waals surface area contributed by atoms with Gasteiger partial charge in [-0.15, -0.1) is 0 Å². The molecule has 2 aromatic rings. The van der Waals surface area contributed by atoms with E-state index in [0.717, 1.165) is 12.8 Å².